The number of para-hydroxylation sites is 2. The van der Waals surface area contributed by atoms with E-state index in [0.717, 1.165) is 83.0 Å². The predicted molar refractivity (Wildman–Crippen MR) is 281 cm³/mol. The highest BCUT2D eigenvalue weighted by Gasteiger charge is 2.24. The van der Waals surface area contributed by atoms with Crippen molar-refractivity contribution >= 4 is 43.6 Å². The average Bonchev–Trinajstić information content (AvgIpc) is 3.95. The Balaban J connectivity index is 1.09. The van der Waals surface area contributed by atoms with Gasteiger partial charge in [0.05, 0.1) is 27.8 Å². The van der Waals surface area contributed by atoms with Crippen LogP contribution < -0.4 is 0 Å². The molecule has 3 aromatic heterocycles. The van der Waals surface area contributed by atoms with Crippen molar-refractivity contribution in [2.75, 3.05) is 0 Å². The summed E-state index contributed by atoms with van der Waals surface area (Å²) in [6, 6.07) is 88.3. The Bertz CT molecular complexity index is 3990. The number of hydrogen-bond acceptors (Lipinski definition) is 3. The van der Waals surface area contributed by atoms with Gasteiger partial charge in [-0.15, -0.1) is 0 Å². The summed E-state index contributed by atoms with van der Waals surface area (Å²) in [5.41, 5.74) is 16.4. The molecule has 68 heavy (non-hydrogen) atoms. The fraction of sp³-hybridized carbons (Fsp3) is 0. The van der Waals surface area contributed by atoms with E-state index in [4.69, 9.17) is 15.0 Å². The fourth-order valence-corrected chi connectivity index (χ4v) is 9.99. The van der Waals surface area contributed by atoms with Crippen molar-refractivity contribution < 1.29 is 0 Å². The van der Waals surface area contributed by atoms with Gasteiger partial charge >= 0.3 is 0 Å². The van der Waals surface area contributed by atoms with E-state index >= 15 is 0 Å². The normalized spacial score (nSPS) is 11.5. The van der Waals surface area contributed by atoms with Crippen molar-refractivity contribution in [1.29, 1.82) is 0 Å². The SMILES string of the molecule is c1ccc(-c2ccc(-c3nc(-c4ccccc4)nc(-n4c5ccccc5c5c4ccc4c6ccccc6n(-c6cc(-c7ccccc7)ccc6-c6cccc(-c7ccccc7)c6)c45)n3)cc2)cc1. The van der Waals surface area contributed by atoms with Crippen molar-refractivity contribution in [3.05, 3.63) is 249 Å². The summed E-state index contributed by atoms with van der Waals surface area (Å²) in [5.74, 6) is 1.77. The lowest BCUT2D eigenvalue weighted by Gasteiger charge is -2.17. The number of nitrogens with zero attached hydrogens (tertiary/aromatic N) is 5. The van der Waals surface area contributed by atoms with Gasteiger partial charge in [-0.3, -0.25) is 4.57 Å². The molecule has 0 spiro atoms. The van der Waals surface area contributed by atoms with Gasteiger partial charge in [-0.25, -0.2) is 4.98 Å². The topological polar surface area (TPSA) is 48.5 Å². The number of rotatable bonds is 8. The van der Waals surface area contributed by atoms with Crippen LogP contribution in [0, 0.1) is 0 Å². The Labute approximate surface area is 393 Å². The highest BCUT2D eigenvalue weighted by Crippen LogP contribution is 2.44. The molecule has 0 atom stereocenters. The van der Waals surface area contributed by atoms with Gasteiger partial charge in [0.1, 0.15) is 0 Å². The highest BCUT2D eigenvalue weighted by atomic mass is 15.2. The van der Waals surface area contributed by atoms with Crippen molar-refractivity contribution in [2.24, 2.45) is 0 Å². The zero-order valence-electron chi connectivity index (χ0n) is 36.9. The predicted octanol–water partition coefficient (Wildman–Crippen LogP) is 16.1. The molecule has 10 aromatic carbocycles. The number of hydrogen-bond donors (Lipinski definition) is 0. The summed E-state index contributed by atoms with van der Waals surface area (Å²) in [6.45, 7) is 0. The van der Waals surface area contributed by atoms with Gasteiger partial charge in [0.25, 0.3) is 0 Å². The van der Waals surface area contributed by atoms with Crippen LogP contribution in [-0.4, -0.2) is 24.1 Å². The van der Waals surface area contributed by atoms with E-state index in [1.165, 1.54) is 21.9 Å². The summed E-state index contributed by atoms with van der Waals surface area (Å²) in [7, 11) is 0. The second-order valence-corrected chi connectivity index (χ2v) is 17.2. The van der Waals surface area contributed by atoms with Crippen LogP contribution in [0.1, 0.15) is 0 Å². The third kappa shape index (κ3) is 6.68. The minimum atomic E-state index is 0.554. The van der Waals surface area contributed by atoms with Crippen LogP contribution in [0.4, 0.5) is 0 Å². The van der Waals surface area contributed by atoms with Gasteiger partial charge in [-0.1, -0.05) is 218 Å². The number of benzene rings is 10. The lowest BCUT2D eigenvalue weighted by Crippen LogP contribution is -2.06. The molecule has 13 rings (SSSR count). The van der Waals surface area contributed by atoms with Crippen LogP contribution in [0.15, 0.2) is 249 Å². The molecule has 0 saturated carbocycles. The first-order chi connectivity index (χ1) is 33.7. The van der Waals surface area contributed by atoms with Gasteiger partial charge in [0, 0.05) is 38.2 Å². The summed E-state index contributed by atoms with van der Waals surface area (Å²) in [4.78, 5) is 15.8. The van der Waals surface area contributed by atoms with Crippen LogP contribution in [0.2, 0.25) is 0 Å². The maximum Gasteiger partial charge on any atom is 0.238 e. The van der Waals surface area contributed by atoms with E-state index in [9.17, 15) is 0 Å². The quantitative estimate of drug-likeness (QED) is 0.153. The molecule has 0 unspecified atom stereocenters. The van der Waals surface area contributed by atoms with Crippen LogP contribution >= 0.6 is 0 Å². The molecule has 0 aliphatic heterocycles. The molecule has 0 saturated heterocycles. The minimum Gasteiger partial charge on any atom is -0.308 e. The lowest BCUT2D eigenvalue weighted by atomic mass is 9.95. The average molecular weight is 868 g/mol. The Morgan fingerprint density at radius 1 is 0.265 bits per heavy atom. The summed E-state index contributed by atoms with van der Waals surface area (Å²) in [5, 5.41) is 4.59. The maximum atomic E-state index is 5.34. The third-order valence-electron chi connectivity index (χ3n) is 13.2. The smallest absolute Gasteiger partial charge is 0.238 e. The molecule has 0 radical (unpaired) electrons. The van der Waals surface area contributed by atoms with Gasteiger partial charge in [0.2, 0.25) is 5.95 Å². The van der Waals surface area contributed by atoms with Crippen LogP contribution in [0.25, 0.3) is 123 Å². The van der Waals surface area contributed by atoms with Crippen molar-refractivity contribution in [3.63, 3.8) is 0 Å². The van der Waals surface area contributed by atoms with Gasteiger partial charge < -0.3 is 4.57 Å². The zero-order valence-corrected chi connectivity index (χ0v) is 36.9. The molecular formula is C63H41N5. The molecule has 5 heteroatoms. The second kappa shape index (κ2) is 16.4. The van der Waals surface area contributed by atoms with Crippen LogP contribution in [0.5, 0.6) is 0 Å². The lowest BCUT2D eigenvalue weighted by molar-refractivity contribution is 0.953. The summed E-state index contributed by atoms with van der Waals surface area (Å²) >= 11 is 0. The summed E-state index contributed by atoms with van der Waals surface area (Å²) < 4.78 is 4.73. The Morgan fingerprint density at radius 3 is 1.37 bits per heavy atom. The molecule has 3 heterocycles. The Kier molecular flexibility index (Phi) is 9.43. The monoisotopic (exact) mass is 867 g/mol. The first-order valence-electron chi connectivity index (χ1n) is 23.0. The van der Waals surface area contributed by atoms with Crippen molar-refractivity contribution in [2.45, 2.75) is 0 Å². The molecule has 0 bridgehead atoms. The van der Waals surface area contributed by atoms with E-state index in [-0.39, 0.29) is 0 Å². The van der Waals surface area contributed by atoms with E-state index < -0.39 is 0 Å². The standard InChI is InChI=1S/C63H41N5/c1-5-18-42(19-6-1)45-32-34-47(35-33-45)62-64-61(46-24-11-4-12-25-46)65-63(66-62)68-56-31-16-14-29-54(56)59-57(68)39-38-53-52-28-13-15-30-55(52)67(60(53)59)58-41-49(44-22-9-3-10-23-44)36-37-51(58)50-27-17-26-48(40-50)43-20-7-2-8-21-43/h1-41H. The summed E-state index contributed by atoms with van der Waals surface area (Å²) in [6.07, 6.45) is 0. The van der Waals surface area contributed by atoms with Gasteiger partial charge in [-0.05, 0) is 69.3 Å². The van der Waals surface area contributed by atoms with Crippen molar-refractivity contribution in [3.8, 4) is 78.9 Å². The molecule has 0 amide bonds. The van der Waals surface area contributed by atoms with E-state index in [1.807, 2.05) is 24.3 Å². The molecule has 0 fully saturated rings. The maximum absolute atomic E-state index is 5.34. The molecule has 5 nitrogen and oxygen atoms in total. The Morgan fingerprint density at radius 2 is 0.721 bits per heavy atom. The van der Waals surface area contributed by atoms with Gasteiger partial charge in [0.15, 0.2) is 11.6 Å². The van der Waals surface area contributed by atoms with Crippen LogP contribution in [-0.2, 0) is 0 Å². The molecule has 0 N–H and O–H groups in total. The third-order valence-corrected chi connectivity index (χ3v) is 13.2. The van der Waals surface area contributed by atoms with Crippen molar-refractivity contribution in [1.82, 2.24) is 24.1 Å². The highest BCUT2D eigenvalue weighted by molar-refractivity contribution is 6.26. The minimum absolute atomic E-state index is 0.554. The number of fused-ring (bicyclic) bond motifs is 7. The van der Waals surface area contributed by atoms with E-state index in [2.05, 4.69) is 234 Å². The molecular weight excluding hydrogens is 827 g/mol. The zero-order chi connectivity index (χ0) is 45.0. The Hall–Kier alpha value is -9.19. The first-order valence-corrected chi connectivity index (χ1v) is 23.0. The molecule has 13 aromatic rings. The van der Waals surface area contributed by atoms with E-state index in [0.29, 0.717) is 17.6 Å². The molecule has 0 aliphatic rings. The van der Waals surface area contributed by atoms with Crippen LogP contribution in [0.3, 0.4) is 0 Å². The first kappa shape index (κ1) is 39.2. The fourth-order valence-electron chi connectivity index (χ4n) is 9.99. The van der Waals surface area contributed by atoms with E-state index in [1.54, 1.807) is 0 Å². The molecule has 318 valence electrons. The second-order valence-electron chi connectivity index (χ2n) is 17.2. The largest absolute Gasteiger partial charge is 0.308 e. The molecule has 0 aliphatic carbocycles. The van der Waals surface area contributed by atoms with Gasteiger partial charge in [-0.2, -0.15) is 9.97 Å². The number of aromatic nitrogens is 5.